The van der Waals surface area contributed by atoms with Crippen molar-refractivity contribution in [3.05, 3.63) is 47.5 Å². The Morgan fingerprint density at radius 3 is 2.43 bits per heavy atom. The molecule has 0 radical (unpaired) electrons. The lowest BCUT2D eigenvalue weighted by Gasteiger charge is -2.33. The molecule has 0 spiro atoms. The SMILES string of the molecule is CC(C)(C)C(O)C(CCc1ccc(Cl)cc1)n1cncn1. The largest absolute Gasteiger partial charge is 0.390 e. The number of nitrogens with zero attached hydrogens (tertiary/aromatic N) is 3. The normalized spacial score (nSPS) is 14.9. The zero-order valence-electron chi connectivity index (χ0n) is 12.7. The van der Waals surface area contributed by atoms with Gasteiger partial charge in [-0.2, -0.15) is 5.10 Å². The van der Waals surface area contributed by atoms with E-state index >= 15 is 0 Å². The van der Waals surface area contributed by atoms with Crippen LogP contribution in [0.15, 0.2) is 36.9 Å². The minimum absolute atomic E-state index is 0.0943. The van der Waals surface area contributed by atoms with Crippen LogP contribution in [0.5, 0.6) is 0 Å². The van der Waals surface area contributed by atoms with Crippen LogP contribution in [0.2, 0.25) is 5.02 Å². The third-order valence-electron chi connectivity index (χ3n) is 3.67. The highest BCUT2D eigenvalue weighted by Gasteiger charge is 2.31. The molecule has 2 atom stereocenters. The van der Waals surface area contributed by atoms with Crippen LogP contribution in [-0.4, -0.2) is 26.0 Å². The van der Waals surface area contributed by atoms with Gasteiger partial charge >= 0.3 is 0 Å². The van der Waals surface area contributed by atoms with Crippen molar-refractivity contribution in [2.75, 3.05) is 0 Å². The first-order chi connectivity index (χ1) is 9.88. The molecule has 0 aliphatic heterocycles. The molecule has 0 aliphatic rings. The second-order valence-corrected chi connectivity index (χ2v) is 6.86. The van der Waals surface area contributed by atoms with Crippen molar-refractivity contribution in [1.82, 2.24) is 14.8 Å². The highest BCUT2D eigenvalue weighted by molar-refractivity contribution is 6.30. The molecule has 0 fully saturated rings. The zero-order chi connectivity index (χ0) is 15.5. The van der Waals surface area contributed by atoms with Crippen molar-refractivity contribution < 1.29 is 5.11 Å². The Kier molecular flexibility index (Phi) is 5.01. The lowest BCUT2D eigenvalue weighted by Crippen LogP contribution is -2.36. The van der Waals surface area contributed by atoms with E-state index in [1.165, 1.54) is 11.9 Å². The predicted molar refractivity (Wildman–Crippen MR) is 84.3 cm³/mol. The molecule has 21 heavy (non-hydrogen) atoms. The number of halogens is 1. The summed E-state index contributed by atoms with van der Waals surface area (Å²) in [7, 11) is 0. The van der Waals surface area contributed by atoms with E-state index in [1.807, 2.05) is 45.0 Å². The van der Waals surface area contributed by atoms with E-state index in [4.69, 9.17) is 11.6 Å². The fourth-order valence-corrected chi connectivity index (χ4v) is 2.49. The van der Waals surface area contributed by atoms with Gasteiger partial charge in [0.1, 0.15) is 12.7 Å². The molecule has 0 saturated carbocycles. The molecule has 114 valence electrons. The molecule has 0 aliphatic carbocycles. The van der Waals surface area contributed by atoms with E-state index in [0.29, 0.717) is 0 Å². The molecule has 5 heteroatoms. The average Bonchev–Trinajstić information content (AvgIpc) is 2.94. The van der Waals surface area contributed by atoms with Gasteiger partial charge in [0.15, 0.2) is 0 Å². The standard InChI is InChI=1S/C16H22ClN3O/c1-16(2,3)15(21)14(20-11-18-10-19-20)9-6-12-4-7-13(17)8-5-12/h4-5,7-8,10-11,14-15,21H,6,9H2,1-3H3. The maximum atomic E-state index is 10.6. The van der Waals surface area contributed by atoms with Crippen LogP contribution in [-0.2, 0) is 6.42 Å². The highest BCUT2D eigenvalue weighted by Crippen LogP contribution is 2.30. The first-order valence-corrected chi connectivity index (χ1v) is 7.52. The van der Waals surface area contributed by atoms with Crippen LogP contribution in [0.25, 0.3) is 0 Å². The van der Waals surface area contributed by atoms with Crippen molar-refractivity contribution in [2.45, 2.75) is 45.8 Å². The van der Waals surface area contributed by atoms with Gasteiger partial charge in [0.25, 0.3) is 0 Å². The third-order valence-corrected chi connectivity index (χ3v) is 3.92. The lowest BCUT2D eigenvalue weighted by molar-refractivity contribution is 0.00944. The maximum Gasteiger partial charge on any atom is 0.137 e. The number of aromatic nitrogens is 3. The van der Waals surface area contributed by atoms with Crippen molar-refractivity contribution in [1.29, 1.82) is 0 Å². The van der Waals surface area contributed by atoms with Gasteiger partial charge in [-0.3, -0.25) is 0 Å². The second-order valence-electron chi connectivity index (χ2n) is 6.42. The molecule has 1 aromatic heterocycles. The molecule has 0 bridgehead atoms. The average molecular weight is 308 g/mol. The van der Waals surface area contributed by atoms with Crippen LogP contribution in [0.3, 0.4) is 0 Å². The molecule has 1 aromatic carbocycles. The summed E-state index contributed by atoms with van der Waals surface area (Å²) in [6.07, 6.45) is 4.33. The number of aliphatic hydroxyl groups is 1. The smallest absolute Gasteiger partial charge is 0.137 e. The summed E-state index contributed by atoms with van der Waals surface area (Å²) in [6, 6.07) is 7.72. The minimum Gasteiger partial charge on any atom is -0.390 e. The number of hydrogen-bond donors (Lipinski definition) is 1. The summed E-state index contributed by atoms with van der Waals surface area (Å²) in [5.74, 6) is 0. The molecule has 2 aromatic rings. The molecule has 1 heterocycles. The monoisotopic (exact) mass is 307 g/mol. The van der Waals surface area contributed by atoms with E-state index in [0.717, 1.165) is 17.9 Å². The fourth-order valence-electron chi connectivity index (χ4n) is 2.37. The Bertz CT molecular complexity index is 546. The van der Waals surface area contributed by atoms with Gasteiger partial charge in [0.2, 0.25) is 0 Å². The minimum atomic E-state index is -0.494. The van der Waals surface area contributed by atoms with Crippen molar-refractivity contribution in [3.63, 3.8) is 0 Å². The van der Waals surface area contributed by atoms with Gasteiger partial charge in [0.05, 0.1) is 12.1 Å². The number of aliphatic hydroxyl groups excluding tert-OH is 1. The predicted octanol–water partition coefficient (Wildman–Crippen LogP) is 3.51. The summed E-state index contributed by atoms with van der Waals surface area (Å²) in [5.41, 5.74) is 0.988. The molecule has 0 saturated heterocycles. The van der Waals surface area contributed by atoms with Gasteiger partial charge in [-0.05, 0) is 36.0 Å². The maximum absolute atomic E-state index is 10.6. The Labute approximate surface area is 130 Å². The fraction of sp³-hybridized carbons (Fsp3) is 0.500. The van der Waals surface area contributed by atoms with Gasteiger partial charge in [0, 0.05) is 5.02 Å². The Hall–Kier alpha value is -1.39. The number of benzene rings is 1. The van der Waals surface area contributed by atoms with Crippen molar-refractivity contribution in [2.24, 2.45) is 5.41 Å². The molecule has 1 N–H and O–H groups in total. The Morgan fingerprint density at radius 2 is 1.90 bits per heavy atom. The molecular formula is C16H22ClN3O. The van der Waals surface area contributed by atoms with Crippen molar-refractivity contribution >= 4 is 11.6 Å². The highest BCUT2D eigenvalue weighted by atomic mass is 35.5. The van der Waals surface area contributed by atoms with Gasteiger partial charge in [-0.25, -0.2) is 9.67 Å². The first-order valence-electron chi connectivity index (χ1n) is 7.14. The van der Waals surface area contributed by atoms with E-state index in [9.17, 15) is 5.11 Å². The van der Waals surface area contributed by atoms with E-state index in [2.05, 4.69) is 10.1 Å². The number of aryl methyl sites for hydroxylation is 1. The van der Waals surface area contributed by atoms with Gasteiger partial charge in [-0.1, -0.05) is 44.5 Å². The third kappa shape index (κ3) is 4.29. The van der Waals surface area contributed by atoms with Crippen LogP contribution < -0.4 is 0 Å². The van der Waals surface area contributed by atoms with Crippen LogP contribution in [0.4, 0.5) is 0 Å². The molecular weight excluding hydrogens is 286 g/mol. The number of rotatable bonds is 5. The summed E-state index contributed by atoms with van der Waals surface area (Å²) < 4.78 is 1.76. The van der Waals surface area contributed by atoms with E-state index < -0.39 is 6.10 Å². The zero-order valence-corrected chi connectivity index (χ0v) is 13.5. The van der Waals surface area contributed by atoms with E-state index in [-0.39, 0.29) is 11.5 Å². The van der Waals surface area contributed by atoms with Crippen LogP contribution >= 0.6 is 11.6 Å². The summed E-state index contributed by atoms with van der Waals surface area (Å²) in [6.45, 7) is 6.09. The molecule has 2 rings (SSSR count). The summed E-state index contributed by atoms with van der Waals surface area (Å²) in [5, 5.41) is 15.6. The number of hydrogen-bond acceptors (Lipinski definition) is 3. The van der Waals surface area contributed by atoms with Gasteiger partial charge in [-0.15, -0.1) is 0 Å². The molecule has 2 unspecified atom stereocenters. The quantitative estimate of drug-likeness (QED) is 0.919. The second kappa shape index (κ2) is 6.58. The summed E-state index contributed by atoms with van der Waals surface area (Å²) in [4.78, 5) is 4.00. The van der Waals surface area contributed by atoms with Crippen LogP contribution in [0.1, 0.15) is 38.8 Å². The Balaban J connectivity index is 2.11. The van der Waals surface area contributed by atoms with Crippen molar-refractivity contribution in [3.8, 4) is 0 Å². The topological polar surface area (TPSA) is 50.9 Å². The molecule has 0 amide bonds. The first kappa shape index (κ1) is 16.0. The summed E-state index contributed by atoms with van der Waals surface area (Å²) >= 11 is 5.90. The van der Waals surface area contributed by atoms with E-state index in [1.54, 1.807) is 11.0 Å². The Morgan fingerprint density at radius 1 is 1.24 bits per heavy atom. The van der Waals surface area contributed by atoms with Crippen LogP contribution in [0, 0.1) is 5.41 Å². The molecule has 4 nitrogen and oxygen atoms in total. The van der Waals surface area contributed by atoms with Gasteiger partial charge < -0.3 is 5.11 Å². The lowest BCUT2D eigenvalue weighted by atomic mass is 9.83.